The molecule has 0 saturated carbocycles. The Bertz CT molecular complexity index is 489. The predicted octanol–water partition coefficient (Wildman–Crippen LogP) is 1.65. The predicted molar refractivity (Wildman–Crippen MR) is 59.1 cm³/mol. The van der Waals surface area contributed by atoms with Gasteiger partial charge in [-0.3, -0.25) is 0 Å². The fourth-order valence-corrected chi connectivity index (χ4v) is 1.63. The molecular formula is C12H12F2O5. The minimum Gasteiger partial charge on any atom is -0.461 e. The van der Waals surface area contributed by atoms with E-state index in [4.69, 9.17) is 9.47 Å². The molecule has 1 aliphatic rings. The zero-order chi connectivity index (χ0) is 14.0. The van der Waals surface area contributed by atoms with Crippen LogP contribution in [0, 0.1) is 0 Å². The molecule has 1 unspecified atom stereocenters. The minimum atomic E-state index is -4.02. The Morgan fingerprint density at radius 3 is 2.84 bits per heavy atom. The number of aliphatic hydroxyl groups is 1. The summed E-state index contributed by atoms with van der Waals surface area (Å²) in [7, 11) is 0. The lowest BCUT2D eigenvalue weighted by atomic mass is 10.0. The molecule has 1 atom stereocenters. The van der Waals surface area contributed by atoms with Crippen molar-refractivity contribution in [1.29, 1.82) is 0 Å². The second-order valence-electron chi connectivity index (χ2n) is 3.86. The molecule has 0 fully saturated rings. The number of carbonyl (C=O) groups excluding carboxylic acids is 1. The fourth-order valence-electron chi connectivity index (χ4n) is 1.63. The number of hydrogen-bond acceptors (Lipinski definition) is 5. The lowest BCUT2D eigenvalue weighted by molar-refractivity contribution is -0.189. The van der Waals surface area contributed by atoms with E-state index in [-0.39, 0.29) is 24.7 Å². The fraction of sp³-hybridized carbons (Fsp3) is 0.417. The van der Waals surface area contributed by atoms with Crippen molar-refractivity contribution >= 4 is 5.97 Å². The van der Waals surface area contributed by atoms with Crippen LogP contribution in [0.3, 0.4) is 0 Å². The van der Waals surface area contributed by atoms with E-state index in [1.54, 1.807) is 0 Å². The molecule has 1 aromatic rings. The summed E-state index contributed by atoms with van der Waals surface area (Å²) in [4.78, 5) is 11.1. The monoisotopic (exact) mass is 274 g/mol. The van der Waals surface area contributed by atoms with Crippen LogP contribution in [0.5, 0.6) is 11.5 Å². The highest BCUT2D eigenvalue weighted by molar-refractivity contribution is 5.78. The number of fused-ring (bicyclic) bond motifs is 1. The summed E-state index contributed by atoms with van der Waals surface area (Å²) in [5.74, 6) is -5.14. The Morgan fingerprint density at radius 1 is 1.47 bits per heavy atom. The zero-order valence-corrected chi connectivity index (χ0v) is 10.1. The largest absolute Gasteiger partial charge is 0.461 e. The van der Waals surface area contributed by atoms with Gasteiger partial charge in [0.2, 0.25) is 6.79 Å². The molecule has 2 rings (SSSR count). The average molecular weight is 274 g/mol. The van der Waals surface area contributed by atoms with Gasteiger partial charge in [0.05, 0.1) is 6.61 Å². The number of aliphatic hydroxyl groups excluding tert-OH is 1. The Morgan fingerprint density at radius 2 is 2.16 bits per heavy atom. The summed E-state index contributed by atoms with van der Waals surface area (Å²) in [6.45, 7) is 1.20. The number of rotatable bonds is 4. The van der Waals surface area contributed by atoms with E-state index in [1.807, 2.05) is 0 Å². The van der Waals surface area contributed by atoms with Gasteiger partial charge in [-0.05, 0) is 24.6 Å². The van der Waals surface area contributed by atoms with E-state index >= 15 is 0 Å². The Balaban J connectivity index is 2.23. The van der Waals surface area contributed by atoms with Gasteiger partial charge in [-0.15, -0.1) is 0 Å². The van der Waals surface area contributed by atoms with Crippen molar-refractivity contribution in [1.82, 2.24) is 0 Å². The van der Waals surface area contributed by atoms with Gasteiger partial charge in [0.15, 0.2) is 17.6 Å². The SMILES string of the molecule is CCOC(=O)C(F)(F)C(O)c1ccc2c(c1)OCO2. The van der Waals surface area contributed by atoms with E-state index in [1.165, 1.54) is 25.1 Å². The van der Waals surface area contributed by atoms with Gasteiger partial charge in [0.1, 0.15) is 0 Å². The number of carbonyl (C=O) groups is 1. The molecule has 0 aromatic heterocycles. The van der Waals surface area contributed by atoms with Gasteiger partial charge in [0, 0.05) is 0 Å². The van der Waals surface area contributed by atoms with Crippen LogP contribution in [0.25, 0.3) is 0 Å². The average Bonchev–Trinajstić information content (AvgIpc) is 2.85. The first kappa shape index (κ1) is 13.5. The minimum absolute atomic E-state index is 0.0108. The van der Waals surface area contributed by atoms with Gasteiger partial charge in [-0.1, -0.05) is 6.07 Å². The lowest BCUT2D eigenvalue weighted by Crippen LogP contribution is -2.37. The molecule has 0 spiro atoms. The smallest absolute Gasteiger partial charge is 0.380 e. The maximum absolute atomic E-state index is 13.6. The first-order valence-electron chi connectivity index (χ1n) is 5.59. The highest BCUT2D eigenvalue weighted by Gasteiger charge is 2.49. The molecule has 0 aliphatic carbocycles. The molecule has 1 heterocycles. The van der Waals surface area contributed by atoms with E-state index in [2.05, 4.69) is 4.74 Å². The van der Waals surface area contributed by atoms with Crippen molar-refractivity contribution in [2.24, 2.45) is 0 Å². The van der Waals surface area contributed by atoms with Crippen molar-refractivity contribution in [3.8, 4) is 11.5 Å². The molecule has 7 heteroatoms. The maximum Gasteiger partial charge on any atom is 0.380 e. The number of esters is 1. The molecular weight excluding hydrogens is 262 g/mol. The molecule has 0 saturated heterocycles. The summed E-state index contributed by atoms with van der Waals surface area (Å²) in [6, 6.07) is 3.84. The number of alkyl halides is 2. The maximum atomic E-state index is 13.6. The van der Waals surface area contributed by atoms with Gasteiger partial charge < -0.3 is 19.3 Å². The highest BCUT2D eigenvalue weighted by Crippen LogP contribution is 2.38. The molecule has 19 heavy (non-hydrogen) atoms. The molecule has 1 N–H and O–H groups in total. The van der Waals surface area contributed by atoms with Crippen LogP contribution in [0.4, 0.5) is 8.78 Å². The first-order chi connectivity index (χ1) is 8.96. The summed E-state index contributed by atoms with van der Waals surface area (Å²) in [5.41, 5.74) is -0.151. The summed E-state index contributed by atoms with van der Waals surface area (Å²) in [5, 5.41) is 9.63. The molecule has 0 bridgehead atoms. The van der Waals surface area contributed by atoms with Crippen LogP contribution in [-0.4, -0.2) is 30.4 Å². The van der Waals surface area contributed by atoms with Gasteiger partial charge in [0.25, 0.3) is 0 Å². The third-order valence-electron chi connectivity index (χ3n) is 2.60. The van der Waals surface area contributed by atoms with Crippen LogP contribution >= 0.6 is 0 Å². The van der Waals surface area contributed by atoms with E-state index in [0.717, 1.165) is 0 Å². The summed E-state index contributed by atoms with van der Waals surface area (Å²) < 4.78 is 41.6. The second kappa shape index (κ2) is 5.00. The van der Waals surface area contributed by atoms with Crippen molar-refractivity contribution in [2.75, 3.05) is 13.4 Å². The molecule has 104 valence electrons. The Hall–Kier alpha value is -1.89. The van der Waals surface area contributed by atoms with Gasteiger partial charge in [-0.25, -0.2) is 4.79 Å². The first-order valence-corrected chi connectivity index (χ1v) is 5.59. The van der Waals surface area contributed by atoms with Crippen molar-refractivity contribution in [3.05, 3.63) is 23.8 Å². The third kappa shape index (κ3) is 2.46. The van der Waals surface area contributed by atoms with Crippen molar-refractivity contribution < 1.29 is 32.9 Å². The number of hydrogen-bond donors (Lipinski definition) is 1. The number of halogens is 2. The molecule has 5 nitrogen and oxygen atoms in total. The molecule has 1 aromatic carbocycles. The van der Waals surface area contributed by atoms with Crippen LogP contribution in [-0.2, 0) is 9.53 Å². The normalized spacial score (nSPS) is 15.2. The molecule has 0 amide bonds. The van der Waals surface area contributed by atoms with Crippen LogP contribution in [0.2, 0.25) is 0 Å². The van der Waals surface area contributed by atoms with Crippen molar-refractivity contribution in [3.63, 3.8) is 0 Å². The highest BCUT2D eigenvalue weighted by atomic mass is 19.3. The quantitative estimate of drug-likeness (QED) is 0.846. The Kier molecular flexibility index (Phi) is 3.57. The summed E-state index contributed by atoms with van der Waals surface area (Å²) >= 11 is 0. The number of ether oxygens (including phenoxy) is 3. The molecule has 1 aliphatic heterocycles. The number of benzene rings is 1. The van der Waals surface area contributed by atoms with Gasteiger partial charge >= 0.3 is 11.9 Å². The van der Waals surface area contributed by atoms with Crippen molar-refractivity contribution in [2.45, 2.75) is 19.0 Å². The van der Waals surface area contributed by atoms with E-state index in [9.17, 15) is 18.7 Å². The molecule has 0 radical (unpaired) electrons. The summed E-state index contributed by atoms with van der Waals surface area (Å²) in [6.07, 6.45) is -2.30. The lowest BCUT2D eigenvalue weighted by Gasteiger charge is -2.21. The van der Waals surface area contributed by atoms with E-state index < -0.39 is 18.0 Å². The standard InChI is InChI=1S/C12H12F2O5/c1-2-17-11(16)12(13,14)10(15)7-3-4-8-9(5-7)19-6-18-8/h3-5,10,15H,2,6H2,1H3. The zero-order valence-electron chi connectivity index (χ0n) is 10.1. The van der Waals surface area contributed by atoms with Gasteiger partial charge in [-0.2, -0.15) is 8.78 Å². The second-order valence-corrected chi connectivity index (χ2v) is 3.86. The topological polar surface area (TPSA) is 65.0 Å². The van der Waals surface area contributed by atoms with Crippen LogP contribution in [0.15, 0.2) is 18.2 Å². The third-order valence-corrected chi connectivity index (χ3v) is 2.60. The van der Waals surface area contributed by atoms with Crippen LogP contribution < -0.4 is 9.47 Å². The Labute approximate surface area is 107 Å². The van der Waals surface area contributed by atoms with E-state index in [0.29, 0.717) is 5.75 Å². The van der Waals surface area contributed by atoms with Crippen LogP contribution in [0.1, 0.15) is 18.6 Å².